The predicted molar refractivity (Wildman–Crippen MR) is 123 cm³/mol. The van der Waals surface area contributed by atoms with Crippen molar-refractivity contribution in [2.24, 2.45) is 11.8 Å². The molecule has 0 amide bonds. The molecule has 0 aliphatic carbocycles. The Kier molecular flexibility index (Phi) is 13.9. The molecule has 1 aromatic carbocycles. The normalized spacial score (nSPS) is 12.9. The number of carbonyl (C=O) groups excluding carboxylic acids is 2. The molecule has 0 saturated carbocycles. The standard InChI is InChI=1S/C26H42O4/c1-5-9-11-14-22(12-7-3)20-30-26(28)24-17-15-23(16-18-24)25(27)29-19-21(8-4)13-10-6-2/h15-18,21-22H,5-14,19-20H2,1-4H3. The zero-order chi connectivity index (χ0) is 22.2. The Balaban J connectivity index is 2.51. The lowest BCUT2D eigenvalue weighted by atomic mass is 9.97. The van der Waals surface area contributed by atoms with E-state index in [-0.39, 0.29) is 11.9 Å². The molecule has 0 radical (unpaired) electrons. The smallest absolute Gasteiger partial charge is 0.338 e. The van der Waals surface area contributed by atoms with Crippen molar-refractivity contribution >= 4 is 11.9 Å². The number of carbonyl (C=O) groups is 2. The molecule has 0 aliphatic heterocycles. The summed E-state index contributed by atoms with van der Waals surface area (Å²) in [7, 11) is 0. The minimum atomic E-state index is -0.330. The zero-order valence-corrected chi connectivity index (χ0v) is 19.6. The molecule has 0 saturated heterocycles. The van der Waals surface area contributed by atoms with E-state index in [0.717, 1.165) is 44.9 Å². The molecule has 4 heteroatoms. The van der Waals surface area contributed by atoms with Crippen LogP contribution in [0, 0.1) is 11.8 Å². The number of esters is 2. The van der Waals surface area contributed by atoms with Gasteiger partial charge in [0.1, 0.15) is 0 Å². The van der Waals surface area contributed by atoms with E-state index in [1.807, 2.05) is 0 Å². The minimum absolute atomic E-state index is 0.322. The molecule has 0 fully saturated rings. The van der Waals surface area contributed by atoms with Gasteiger partial charge in [-0.05, 0) is 55.4 Å². The van der Waals surface area contributed by atoms with Gasteiger partial charge in [-0.1, -0.05) is 72.6 Å². The van der Waals surface area contributed by atoms with Crippen LogP contribution in [0.5, 0.6) is 0 Å². The molecule has 1 rings (SSSR count). The van der Waals surface area contributed by atoms with Gasteiger partial charge in [0.25, 0.3) is 0 Å². The third-order valence-corrected chi connectivity index (χ3v) is 5.71. The third-order valence-electron chi connectivity index (χ3n) is 5.71. The fourth-order valence-corrected chi connectivity index (χ4v) is 3.60. The maximum absolute atomic E-state index is 12.4. The molecule has 2 atom stereocenters. The summed E-state index contributed by atoms with van der Waals surface area (Å²) < 4.78 is 11.0. The molecule has 0 bridgehead atoms. The quantitative estimate of drug-likeness (QED) is 0.210. The Morgan fingerprint density at radius 2 is 1.17 bits per heavy atom. The maximum atomic E-state index is 12.4. The molecule has 0 heterocycles. The van der Waals surface area contributed by atoms with Crippen LogP contribution >= 0.6 is 0 Å². The Bertz CT molecular complexity index is 594. The van der Waals surface area contributed by atoms with Gasteiger partial charge in [0.05, 0.1) is 24.3 Å². The van der Waals surface area contributed by atoms with Crippen molar-refractivity contribution in [2.75, 3.05) is 13.2 Å². The fraction of sp³-hybridized carbons (Fsp3) is 0.692. The molecule has 0 aromatic heterocycles. The van der Waals surface area contributed by atoms with Crippen LogP contribution in [-0.2, 0) is 9.47 Å². The summed E-state index contributed by atoms with van der Waals surface area (Å²) in [5.74, 6) is 0.191. The van der Waals surface area contributed by atoms with E-state index < -0.39 is 0 Å². The summed E-state index contributed by atoms with van der Waals surface area (Å²) in [6.45, 7) is 9.58. The van der Waals surface area contributed by atoms with Gasteiger partial charge in [-0.2, -0.15) is 0 Å². The highest BCUT2D eigenvalue weighted by molar-refractivity contribution is 5.93. The summed E-state index contributed by atoms with van der Waals surface area (Å²) >= 11 is 0. The average Bonchev–Trinajstić information content (AvgIpc) is 2.77. The molecule has 2 unspecified atom stereocenters. The highest BCUT2D eigenvalue weighted by atomic mass is 16.5. The van der Waals surface area contributed by atoms with Crippen LogP contribution in [0.2, 0.25) is 0 Å². The summed E-state index contributed by atoms with van der Waals surface area (Å²) in [6.07, 6.45) is 11.3. The van der Waals surface area contributed by atoms with Crippen LogP contribution in [0.15, 0.2) is 24.3 Å². The lowest BCUT2D eigenvalue weighted by Gasteiger charge is -2.16. The van der Waals surface area contributed by atoms with Crippen LogP contribution < -0.4 is 0 Å². The Morgan fingerprint density at radius 1 is 0.667 bits per heavy atom. The van der Waals surface area contributed by atoms with E-state index >= 15 is 0 Å². The molecule has 170 valence electrons. The van der Waals surface area contributed by atoms with Crippen molar-refractivity contribution in [2.45, 2.75) is 91.9 Å². The summed E-state index contributed by atoms with van der Waals surface area (Å²) in [5.41, 5.74) is 0.949. The molecule has 0 spiro atoms. The van der Waals surface area contributed by atoms with Crippen molar-refractivity contribution in [3.05, 3.63) is 35.4 Å². The number of unbranched alkanes of at least 4 members (excludes halogenated alkanes) is 3. The first-order valence-corrected chi connectivity index (χ1v) is 12.0. The highest BCUT2D eigenvalue weighted by Crippen LogP contribution is 2.18. The highest BCUT2D eigenvalue weighted by Gasteiger charge is 2.15. The van der Waals surface area contributed by atoms with Gasteiger partial charge < -0.3 is 9.47 Å². The van der Waals surface area contributed by atoms with Crippen LogP contribution in [0.4, 0.5) is 0 Å². The zero-order valence-electron chi connectivity index (χ0n) is 19.6. The Morgan fingerprint density at radius 3 is 1.63 bits per heavy atom. The van der Waals surface area contributed by atoms with E-state index in [0.29, 0.717) is 36.2 Å². The van der Waals surface area contributed by atoms with Crippen molar-refractivity contribution < 1.29 is 19.1 Å². The van der Waals surface area contributed by atoms with Crippen LogP contribution in [0.3, 0.4) is 0 Å². The summed E-state index contributed by atoms with van der Waals surface area (Å²) in [5, 5.41) is 0. The van der Waals surface area contributed by atoms with Crippen LogP contribution in [0.1, 0.15) is 113 Å². The first-order valence-electron chi connectivity index (χ1n) is 12.0. The first-order chi connectivity index (χ1) is 14.5. The van der Waals surface area contributed by atoms with Crippen molar-refractivity contribution in [3.8, 4) is 0 Å². The number of hydrogen-bond donors (Lipinski definition) is 0. The second-order valence-electron chi connectivity index (χ2n) is 8.34. The second-order valence-corrected chi connectivity index (χ2v) is 8.34. The molecular weight excluding hydrogens is 376 g/mol. The lowest BCUT2D eigenvalue weighted by molar-refractivity contribution is 0.0412. The first kappa shape index (κ1) is 26.2. The topological polar surface area (TPSA) is 52.6 Å². The Labute approximate surface area is 183 Å². The van der Waals surface area contributed by atoms with Gasteiger partial charge in [0.2, 0.25) is 0 Å². The van der Waals surface area contributed by atoms with Crippen molar-refractivity contribution in [3.63, 3.8) is 0 Å². The van der Waals surface area contributed by atoms with E-state index in [2.05, 4.69) is 27.7 Å². The molecule has 4 nitrogen and oxygen atoms in total. The van der Waals surface area contributed by atoms with Gasteiger partial charge in [0.15, 0.2) is 0 Å². The number of benzene rings is 1. The number of ether oxygens (including phenoxy) is 2. The number of hydrogen-bond acceptors (Lipinski definition) is 4. The second kappa shape index (κ2) is 15.9. The van der Waals surface area contributed by atoms with Crippen molar-refractivity contribution in [1.82, 2.24) is 0 Å². The van der Waals surface area contributed by atoms with Crippen molar-refractivity contribution in [1.29, 1.82) is 0 Å². The predicted octanol–water partition coefficient (Wildman–Crippen LogP) is 7.21. The lowest BCUT2D eigenvalue weighted by Crippen LogP contribution is -2.15. The molecular formula is C26H42O4. The summed E-state index contributed by atoms with van der Waals surface area (Å²) in [4.78, 5) is 24.7. The Hall–Kier alpha value is -1.84. The van der Waals surface area contributed by atoms with E-state index in [4.69, 9.17) is 9.47 Å². The monoisotopic (exact) mass is 418 g/mol. The van der Waals surface area contributed by atoms with E-state index in [9.17, 15) is 9.59 Å². The van der Waals surface area contributed by atoms with E-state index in [1.54, 1.807) is 24.3 Å². The molecule has 1 aromatic rings. The molecule has 30 heavy (non-hydrogen) atoms. The SMILES string of the molecule is CCCCCC(CCC)COC(=O)c1ccc(C(=O)OCC(CC)CCCC)cc1. The van der Waals surface area contributed by atoms with Crippen LogP contribution in [-0.4, -0.2) is 25.2 Å². The maximum Gasteiger partial charge on any atom is 0.338 e. The van der Waals surface area contributed by atoms with Gasteiger partial charge in [-0.15, -0.1) is 0 Å². The van der Waals surface area contributed by atoms with Gasteiger partial charge >= 0.3 is 11.9 Å². The fourth-order valence-electron chi connectivity index (χ4n) is 3.60. The third kappa shape index (κ3) is 10.3. The largest absolute Gasteiger partial charge is 0.462 e. The summed E-state index contributed by atoms with van der Waals surface area (Å²) in [6, 6.07) is 6.60. The van der Waals surface area contributed by atoms with Gasteiger partial charge in [-0.3, -0.25) is 0 Å². The van der Waals surface area contributed by atoms with Gasteiger partial charge in [0, 0.05) is 0 Å². The van der Waals surface area contributed by atoms with Gasteiger partial charge in [-0.25, -0.2) is 9.59 Å². The number of rotatable bonds is 16. The minimum Gasteiger partial charge on any atom is -0.462 e. The van der Waals surface area contributed by atoms with E-state index in [1.165, 1.54) is 19.3 Å². The molecule has 0 aliphatic rings. The van der Waals surface area contributed by atoms with Crippen LogP contribution in [0.25, 0.3) is 0 Å². The average molecular weight is 419 g/mol. The molecule has 0 N–H and O–H groups in total.